The van der Waals surface area contributed by atoms with Crippen molar-refractivity contribution < 1.29 is 38.1 Å². The first-order valence-corrected chi connectivity index (χ1v) is 12.5. The molecule has 0 radical (unpaired) electrons. The quantitative estimate of drug-likeness (QED) is 0.370. The van der Waals surface area contributed by atoms with Crippen molar-refractivity contribution in [2.45, 2.75) is 76.1 Å². The second-order valence-electron chi connectivity index (χ2n) is 8.25. The number of esters is 3. The van der Waals surface area contributed by atoms with Crippen LogP contribution in [0.1, 0.15) is 34.6 Å². The van der Waals surface area contributed by atoms with Gasteiger partial charge in [-0.15, -0.1) is 10.2 Å². The molecule has 1 N–H and O–H groups in total. The lowest BCUT2D eigenvalue weighted by atomic mass is 9.97. The van der Waals surface area contributed by atoms with E-state index in [-0.39, 0.29) is 6.61 Å². The van der Waals surface area contributed by atoms with Crippen LogP contribution in [0.25, 0.3) is 11.4 Å². The maximum atomic E-state index is 12.2. The lowest BCUT2D eigenvalue weighted by molar-refractivity contribution is -0.211. The third-order valence-electron chi connectivity index (χ3n) is 5.36. The Kier molecular flexibility index (Phi) is 9.64. The average molecular weight is 535 g/mol. The van der Waals surface area contributed by atoms with E-state index in [1.807, 2.05) is 41.8 Å². The van der Waals surface area contributed by atoms with E-state index in [4.69, 9.17) is 18.9 Å². The third kappa shape index (κ3) is 7.29. The highest BCUT2D eigenvalue weighted by atomic mass is 32.2. The summed E-state index contributed by atoms with van der Waals surface area (Å²) in [5.41, 5.74) is -0.00846. The van der Waals surface area contributed by atoms with Crippen LogP contribution in [0.15, 0.2) is 35.5 Å². The van der Waals surface area contributed by atoms with Gasteiger partial charge >= 0.3 is 17.9 Å². The molecule has 2 aromatic rings. The van der Waals surface area contributed by atoms with E-state index < -0.39 is 53.6 Å². The predicted octanol–water partition coefficient (Wildman–Crippen LogP) is 1.71. The molecule has 3 rings (SSSR count). The van der Waals surface area contributed by atoms with Crippen molar-refractivity contribution in [3.63, 3.8) is 0 Å². The predicted molar refractivity (Wildman–Crippen MR) is 131 cm³/mol. The molecule has 1 aromatic carbocycles. The molecule has 1 amide bonds. The number of thioether (sulfide) groups is 1. The number of hydrogen-bond acceptors (Lipinski definition) is 11. The fourth-order valence-corrected chi connectivity index (χ4v) is 5.16. The Morgan fingerprint density at radius 1 is 0.973 bits per heavy atom. The molecule has 1 aliphatic rings. The Morgan fingerprint density at radius 2 is 1.62 bits per heavy atom. The molecule has 13 heteroatoms. The first-order chi connectivity index (χ1) is 17.6. The molecule has 2 heterocycles. The van der Waals surface area contributed by atoms with Gasteiger partial charge in [0.25, 0.3) is 0 Å². The van der Waals surface area contributed by atoms with Gasteiger partial charge in [0.2, 0.25) is 5.91 Å². The van der Waals surface area contributed by atoms with Gasteiger partial charge in [-0.3, -0.25) is 19.2 Å². The zero-order valence-electron chi connectivity index (χ0n) is 21.2. The summed E-state index contributed by atoms with van der Waals surface area (Å²) < 4.78 is 24.2. The Morgan fingerprint density at radius 3 is 2.19 bits per heavy atom. The van der Waals surface area contributed by atoms with Crippen LogP contribution in [-0.4, -0.2) is 75.0 Å². The zero-order chi connectivity index (χ0) is 27.1. The maximum absolute atomic E-state index is 12.2. The molecule has 1 saturated heterocycles. The Bertz CT molecular complexity index is 1130. The van der Waals surface area contributed by atoms with Gasteiger partial charge in [0, 0.05) is 39.8 Å². The van der Waals surface area contributed by atoms with Crippen LogP contribution >= 0.6 is 11.8 Å². The summed E-state index contributed by atoms with van der Waals surface area (Å²) in [6, 6.07) is 8.58. The van der Waals surface area contributed by atoms with Crippen LogP contribution in [0.2, 0.25) is 0 Å². The van der Waals surface area contributed by atoms with Gasteiger partial charge in [0.15, 0.2) is 23.2 Å². The highest BCUT2D eigenvalue weighted by molar-refractivity contribution is 7.99. The average Bonchev–Trinajstić information content (AvgIpc) is 3.23. The van der Waals surface area contributed by atoms with Gasteiger partial charge in [-0.2, -0.15) is 0 Å². The number of carbonyl (C=O) groups excluding carboxylic acids is 4. The maximum Gasteiger partial charge on any atom is 0.303 e. The van der Waals surface area contributed by atoms with Crippen molar-refractivity contribution in [1.29, 1.82) is 0 Å². The monoisotopic (exact) mass is 534 g/mol. The summed E-state index contributed by atoms with van der Waals surface area (Å²) in [5, 5.41) is 11.9. The molecule has 200 valence electrons. The molecule has 37 heavy (non-hydrogen) atoms. The molecular weight excluding hydrogens is 504 g/mol. The lowest BCUT2D eigenvalue weighted by Crippen LogP contribution is -2.65. The standard InChI is InChI=1S/C24H30N4O8S/c1-6-28-22(17-10-8-7-9-11-17)26-27-24(28)37-23-19(25-13(2)29)21(35-16(5)32)20(34-15(4)31)18(36-23)12-33-14(3)30/h7-11,18-21,23H,6,12H2,1-5H3,(H,25,29)/t18-,19-,20+,21-,23+/m1/s1. The van der Waals surface area contributed by atoms with Crippen molar-refractivity contribution in [1.82, 2.24) is 20.1 Å². The summed E-state index contributed by atoms with van der Waals surface area (Å²) >= 11 is 1.15. The minimum Gasteiger partial charge on any atom is -0.463 e. The summed E-state index contributed by atoms with van der Waals surface area (Å²) in [4.78, 5) is 47.6. The van der Waals surface area contributed by atoms with E-state index in [1.165, 1.54) is 27.7 Å². The van der Waals surface area contributed by atoms with Crippen molar-refractivity contribution in [3.8, 4) is 11.4 Å². The van der Waals surface area contributed by atoms with Crippen molar-refractivity contribution in [2.75, 3.05) is 6.61 Å². The van der Waals surface area contributed by atoms with E-state index in [2.05, 4.69) is 15.5 Å². The number of hydrogen-bond donors (Lipinski definition) is 1. The van der Waals surface area contributed by atoms with E-state index in [1.54, 1.807) is 0 Å². The molecule has 12 nitrogen and oxygen atoms in total. The number of amides is 1. The molecule has 1 aromatic heterocycles. The topological polar surface area (TPSA) is 148 Å². The van der Waals surface area contributed by atoms with Gasteiger partial charge < -0.3 is 28.8 Å². The van der Waals surface area contributed by atoms with Gasteiger partial charge in [-0.1, -0.05) is 42.1 Å². The molecule has 1 aliphatic heterocycles. The molecule has 5 atom stereocenters. The lowest BCUT2D eigenvalue weighted by Gasteiger charge is -2.44. The van der Waals surface area contributed by atoms with Crippen LogP contribution < -0.4 is 5.32 Å². The molecule has 1 fully saturated rings. The zero-order valence-corrected chi connectivity index (χ0v) is 22.0. The second-order valence-corrected chi connectivity index (χ2v) is 9.32. The summed E-state index contributed by atoms with van der Waals surface area (Å²) in [7, 11) is 0. The van der Waals surface area contributed by atoms with Crippen molar-refractivity contribution in [2.24, 2.45) is 0 Å². The van der Waals surface area contributed by atoms with Crippen molar-refractivity contribution in [3.05, 3.63) is 30.3 Å². The first kappa shape index (κ1) is 28.1. The summed E-state index contributed by atoms with van der Waals surface area (Å²) in [6.45, 7) is 7.14. The third-order valence-corrected chi connectivity index (χ3v) is 6.51. The number of aromatic nitrogens is 3. The number of nitrogens with zero attached hydrogens (tertiary/aromatic N) is 3. The first-order valence-electron chi connectivity index (χ1n) is 11.7. The van der Waals surface area contributed by atoms with Gasteiger partial charge in [0.1, 0.15) is 24.2 Å². The number of carbonyl (C=O) groups is 4. The Labute approximate surface area is 218 Å². The molecule has 0 unspecified atom stereocenters. The second kappa shape index (κ2) is 12.7. The van der Waals surface area contributed by atoms with Gasteiger partial charge in [-0.25, -0.2) is 0 Å². The molecule has 0 bridgehead atoms. The van der Waals surface area contributed by atoms with E-state index in [0.29, 0.717) is 17.5 Å². The fourth-order valence-electron chi connectivity index (χ4n) is 3.96. The van der Waals surface area contributed by atoms with Crippen LogP contribution in [0, 0.1) is 0 Å². The largest absolute Gasteiger partial charge is 0.463 e. The summed E-state index contributed by atoms with van der Waals surface area (Å²) in [6.07, 6.45) is -3.28. The molecular formula is C24H30N4O8S. The summed E-state index contributed by atoms with van der Waals surface area (Å²) in [5.74, 6) is -1.66. The Hall–Kier alpha value is -3.45. The highest BCUT2D eigenvalue weighted by Gasteiger charge is 2.51. The number of benzene rings is 1. The minimum atomic E-state index is -1.15. The number of rotatable bonds is 9. The van der Waals surface area contributed by atoms with E-state index in [9.17, 15) is 19.2 Å². The highest BCUT2D eigenvalue weighted by Crippen LogP contribution is 2.36. The van der Waals surface area contributed by atoms with Crippen molar-refractivity contribution >= 4 is 35.6 Å². The number of nitrogens with one attached hydrogen (secondary N) is 1. The molecule has 0 saturated carbocycles. The SMILES string of the molecule is CCn1c(S[C@@H]2O[C@H](COC(C)=O)[C@H](OC(C)=O)[C@H](OC(C)=O)[C@H]2NC(C)=O)nnc1-c1ccccc1. The smallest absolute Gasteiger partial charge is 0.303 e. The fraction of sp³-hybridized carbons (Fsp3) is 0.500. The van der Waals surface area contributed by atoms with E-state index >= 15 is 0 Å². The van der Waals surface area contributed by atoms with Crippen LogP contribution in [0.3, 0.4) is 0 Å². The van der Waals surface area contributed by atoms with Crippen LogP contribution in [0.5, 0.6) is 0 Å². The minimum absolute atomic E-state index is 0.273. The van der Waals surface area contributed by atoms with Crippen LogP contribution in [0.4, 0.5) is 0 Å². The van der Waals surface area contributed by atoms with E-state index in [0.717, 1.165) is 17.3 Å². The Balaban J connectivity index is 2.02. The molecule has 0 aliphatic carbocycles. The van der Waals surface area contributed by atoms with Gasteiger partial charge in [0.05, 0.1) is 0 Å². The molecule has 0 spiro atoms. The van der Waals surface area contributed by atoms with Gasteiger partial charge in [-0.05, 0) is 6.92 Å². The normalized spacial score (nSPS) is 23.1. The number of ether oxygens (including phenoxy) is 4. The van der Waals surface area contributed by atoms with Crippen LogP contribution in [-0.2, 0) is 44.7 Å².